The molecule has 0 saturated carbocycles. The molecule has 1 nitrogen and oxygen atoms in total. The fourth-order valence-corrected chi connectivity index (χ4v) is 3.45. The Morgan fingerprint density at radius 2 is 1.72 bits per heavy atom. The van der Waals surface area contributed by atoms with Crippen molar-refractivity contribution < 1.29 is 4.79 Å². The number of halogens is 2. The van der Waals surface area contributed by atoms with Crippen molar-refractivity contribution in [3.8, 4) is 0 Å². The number of thiophene rings is 1. The van der Waals surface area contributed by atoms with Gasteiger partial charge in [0.1, 0.15) is 0 Å². The highest BCUT2D eigenvalue weighted by atomic mass is 79.9. The Balaban J connectivity index is 2.49. The Labute approximate surface area is 124 Å². The van der Waals surface area contributed by atoms with E-state index in [0.29, 0.717) is 15.5 Å². The van der Waals surface area contributed by atoms with Crippen molar-refractivity contribution in [3.63, 3.8) is 0 Å². The molecule has 0 unspecified atom stereocenters. The molecule has 0 spiro atoms. The first-order valence-electron chi connectivity index (χ1n) is 5.47. The standard InChI is InChI=1S/C14H12BrClOS/c1-7-4-10(11(16)5-8(7)2)13(17)12-6-9(3)14(15)18-12/h4-6H,1-3H3. The molecule has 0 bridgehead atoms. The number of hydrogen-bond donors (Lipinski definition) is 0. The number of carbonyl (C=O) groups excluding carboxylic acids is 1. The lowest BCUT2D eigenvalue weighted by molar-refractivity contribution is 0.104. The number of rotatable bonds is 2. The van der Waals surface area contributed by atoms with Gasteiger partial charge < -0.3 is 0 Å². The van der Waals surface area contributed by atoms with Gasteiger partial charge >= 0.3 is 0 Å². The van der Waals surface area contributed by atoms with Gasteiger partial charge in [-0.25, -0.2) is 0 Å². The maximum absolute atomic E-state index is 12.4. The van der Waals surface area contributed by atoms with Crippen molar-refractivity contribution in [2.75, 3.05) is 0 Å². The van der Waals surface area contributed by atoms with E-state index in [1.807, 2.05) is 39.0 Å². The molecule has 18 heavy (non-hydrogen) atoms. The van der Waals surface area contributed by atoms with Crippen LogP contribution in [0.3, 0.4) is 0 Å². The van der Waals surface area contributed by atoms with Gasteiger partial charge in [-0.2, -0.15) is 0 Å². The van der Waals surface area contributed by atoms with E-state index in [9.17, 15) is 4.79 Å². The maximum atomic E-state index is 12.4. The molecule has 0 atom stereocenters. The van der Waals surface area contributed by atoms with Gasteiger partial charge in [0.25, 0.3) is 0 Å². The highest BCUT2D eigenvalue weighted by molar-refractivity contribution is 9.11. The highest BCUT2D eigenvalue weighted by Crippen LogP contribution is 2.31. The van der Waals surface area contributed by atoms with Crippen molar-refractivity contribution in [1.29, 1.82) is 0 Å². The topological polar surface area (TPSA) is 17.1 Å². The lowest BCUT2D eigenvalue weighted by atomic mass is 10.0. The minimum Gasteiger partial charge on any atom is -0.288 e. The van der Waals surface area contributed by atoms with E-state index in [1.165, 1.54) is 11.3 Å². The van der Waals surface area contributed by atoms with Crippen LogP contribution in [0.1, 0.15) is 31.9 Å². The Hall–Kier alpha value is -0.640. The Morgan fingerprint density at radius 1 is 1.11 bits per heavy atom. The quantitative estimate of drug-likeness (QED) is 0.674. The minimum atomic E-state index is -0.0121. The highest BCUT2D eigenvalue weighted by Gasteiger charge is 2.17. The molecule has 4 heteroatoms. The molecule has 0 saturated heterocycles. The van der Waals surface area contributed by atoms with Crippen LogP contribution in [0.15, 0.2) is 22.0 Å². The molecule has 1 aromatic heterocycles. The second kappa shape index (κ2) is 5.16. The van der Waals surface area contributed by atoms with Crippen LogP contribution >= 0.6 is 38.9 Å². The van der Waals surface area contributed by atoms with Crippen LogP contribution in [-0.2, 0) is 0 Å². The Kier molecular flexibility index (Phi) is 3.95. The first-order valence-corrected chi connectivity index (χ1v) is 7.46. The smallest absolute Gasteiger partial charge is 0.204 e. The lowest BCUT2D eigenvalue weighted by Gasteiger charge is -2.06. The van der Waals surface area contributed by atoms with Crippen molar-refractivity contribution in [3.05, 3.63) is 54.1 Å². The molecule has 1 aromatic carbocycles. The molecule has 0 aliphatic rings. The van der Waals surface area contributed by atoms with Crippen LogP contribution in [-0.4, -0.2) is 5.78 Å². The van der Waals surface area contributed by atoms with E-state index in [4.69, 9.17) is 11.6 Å². The summed E-state index contributed by atoms with van der Waals surface area (Å²) in [5.74, 6) is -0.0121. The van der Waals surface area contributed by atoms with E-state index in [1.54, 1.807) is 0 Å². The van der Waals surface area contributed by atoms with Gasteiger partial charge in [-0.1, -0.05) is 11.6 Å². The number of carbonyl (C=O) groups is 1. The van der Waals surface area contributed by atoms with Crippen LogP contribution in [0.2, 0.25) is 5.02 Å². The fourth-order valence-electron chi connectivity index (χ4n) is 1.66. The van der Waals surface area contributed by atoms with Gasteiger partial charge in [0, 0.05) is 5.56 Å². The maximum Gasteiger partial charge on any atom is 0.204 e. The van der Waals surface area contributed by atoms with E-state index in [0.717, 1.165) is 20.5 Å². The number of aryl methyl sites for hydroxylation is 3. The molecule has 0 aliphatic heterocycles. The molecule has 0 radical (unpaired) electrons. The van der Waals surface area contributed by atoms with Gasteiger partial charge in [-0.15, -0.1) is 11.3 Å². The van der Waals surface area contributed by atoms with Gasteiger partial charge in [-0.3, -0.25) is 4.79 Å². The molecular weight excluding hydrogens is 332 g/mol. The molecule has 0 N–H and O–H groups in total. The first-order chi connectivity index (χ1) is 8.40. The summed E-state index contributed by atoms with van der Waals surface area (Å²) in [6.45, 7) is 5.94. The zero-order valence-corrected chi connectivity index (χ0v) is 13.5. The molecule has 2 aromatic rings. The van der Waals surface area contributed by atoms with E-state index >= 15 is 0 Å². The normalized spacial score (nSPS) is 10.7. The predicted molar refractivity (Wildman–Crippen MR) is 81.1 cm³/mol. The number of benzene rings is 1. The lowest BCUT2D eigenvalue weighted by Crippen LogP contribution is -2.01. The third kappa shape index (κ3) is 2.53. The predicted octanol–water partition coefficient (Wildman–Crippen LogP) is 5.32. The van der Waals surface area contributed by atoms with Gasteiger partial charge in [0.05, 0.1) is 13.7 Å². The van der Waals surface area contributed by atoms with E-state index in [-0.39, 0.29) is 5.78 Å². The third-order valence-electron chi connectivity index (χ3n) is 2.91. The van der Waals surface area contributed by atoms with Crippen LogP contribution in [0, 0.1) is 20.8 Å². The average molecular weight is 344 g/mol. The van der Waals surface area contributed by atoms with E-state index in [2.05, 4.69) is 15.9 Å². The summed E-state index contributed by atoms with van der Waals surface area (Å²) in [7, 11) is 0. The van der Waals surface area contributed by atoms with E-state index < -0.39 is 0 Å². The van der Waals surface area contributed by atoms with Crippen LogP contribution in [0.25, 0.3) is 0 Å². The molecule has 94 valence electrons. The van der Waals surface area contributed by atoms with Crippen molar-refractivity contribution in [2.24, 2.45) is 0 Å². The molecule has 0 aliphatic carbocycles. The van der Waals surface area contributed by atoms with Crippen molar-refractivity contribution >= 4 is 44.7 Å². The Morgan fingerprint density at radius 3 is 2.28 bits per heavy atom. The van der Waals surface area contributed by atoms with Crippen LogP contribution in [0.4, 0.5) is 0 Å². The minimum absolute atomic E-state index is 0.0121. The average Bonchev–Trinajstić information content (AvgIpc) is 2.63. The zero-order valence-electron chi connectivity index (χ0n) is 10.3. The largest absolute Gasteiger partial charge is 0.288 e. The second-order valence-electron chi connectivity index (χ2n) is 4.31. The number of ketones is 1. The first kappa shape index (κ1) is 13.8. The van der Waals surface area contributed by atoms with Crippen molar-refractivity contribution in [2.45, 2.75) is 20.8 Å². The third-order valence-corrected chi connectivity index (χ3v) is 5.36. The molecule has 1 heterocycles. The summed E-state index contributed by atoms with van der Waals surface area (Å²) in [6, 6.07) is 5.60. The van der Waals surface area contributed by atoms with Gasteiger partial charge in [0.2, 0.25) is 5.78 Å². The SMILES string of the molecule is Cc1cc(Cl)c(C(=O)c2cc(C)c(Br)s2)cc1C. The summed E-state index contributed by atoms with van der Waals surface area (Å²) in [5, 5.41) is 0.519. The summed E-state index contributed by atoms with van der Waals surface area (Å²) >= 11 is 11.0. The fraction of sp³-hybridized carbons (Fsp3) is 0.214. The summed E-state index contributed by atoms with van der Waals surface area (Å²) in [4.78, 5) is 13.1. The monoisotopic (exact) mass is 342 g/mol. The van der Waals surface area contributed by atoms with Crippen LogP contribution < -0.4 is 0 Å². The summed E-state index contributed by atoms with van der Waals surface area (Å²) < 4.78 is 0.991. The molecule has 0 fully saturated rings. The molecule has 0 amide bonds. The molecular formula is C14H12BrClOS. The summed E-state index contributed by atoms with van der Waals surface area (Å²) in [6.07, 6.45) is 0. The second-order valence-corrected chi connectivity index (χ2v) is 7.09. The zero-order chi connectivity index (χ0) is 13.4. The van der Waals surface area contributed by atoms with Crippen LogP contribution in [0.5, 0.6) is 0 Å². The Bertz CT molecular complexity index is 611. The number of hydrogen-bond acceptors (Lipinski definition) is 2. The van der Waals surface area contributed by atoms with Gasteiger partial charge in [0.15, 0.2) is 0 Å². The van der Waals surface area contributed by atoms with Gasteiger partial charge in [-0.05, 0) is 71.6 Å². The summed E-state index contributed by atoms with van der Waals surface area (Å²) in [5.41, 5.74) is 3.83. The van der Waals surface area contributed by atoms with Crippen molar-refractivity contribution in [1.82, 2.24) is 0 Å². The molecule has 2 rings (SSSR count).